The van der Waals surface area contributed by atoms with Gasteiger partial charge >= 0.3 is 0 Å². The van der Waals surface area contributed by atoms with Gasteiger partial charge in [0.15, 0.2) is 5.65 Å². The third-order valence-electron chi connectivity index (χ3n) is 5.74. The molecule has 0 atom stereocenters. The average molecular weight is 467 g/mol. The Kier molecular flexibility index (Phi) is 5.80. The lowest BCUT2D eigenvalue weighted by molar-refractivity contribution is 0.0930. The molecule has 164 valence electrons. The largest absolute Gasteiger partial charge is 0.367 e. The molecule has 1 aliphatic carbocycles. The van der Waals surface area contributed by atoms with Gasteiger partial charge in [-0.05, 0) is 62.3 Å². The number of carbonyl (C=O) groups excluding carboxylic acids is 1. The van der Waals surface area contributed by atoms with Crippen LogP contribution in [0.3, 0.4) is 0 Å². The van der Waals surface area contributed by atoms with Crippen molar-refractivity contribution in [2.45, 2.75) is 44.7 Å². The number of nitrogens with one attached hydrogen (secondary N) is 2. The maximum Gasteiger partial charge on any atom is 0.261 e. The highest BCUT2D eigenvalue weighted by Crippen LogP contribution is 2.28. The number of anilines is 1. The third kappa shape index (κ3) is 4.33. The minimum atomic E-state index is 0.0259. The summed E-state index contributed by atoms with van der Waals surface area (Å²) in [5.41, 5.74) is 1.61. The molecule has 0 unspecified atom stereocenters. The number of hydrogen-bond acceptors (Lipinski definition) is 6. The van der Waals surface area contributed by atoms with Crippen molar-refractivity contribution >= 4 is 45.7 Å². The third-order valence-corrected chi connectivity index (χ3v) is 6.84. The molecule has 5 rings (SSSR count). The van der Waals surface area contributed by atoms with Crippen molar-refractivity contribution in [3.63, 3.8) is 0 Å². The van der Waals surface area contributed by atoms with E-state index in [-0.39, 0.29) is 18.0 Å². The zero-order valence-corrected chi connectivity index (χ0v) is 19.2. The van der Waals surface area contributed by atoms with Crippen molar-refractivity contribution < 1.29 is 4.79 Å². The molecule has 7 nitrogen and oxygen atoms in total. The summed E-state index contributed by atoms with van der Waals surface area (Å²) >= 11 is 7.64. The Hall–Kier alpha value is -2.97. The second-order valence-corrected chi connectivity index (χ2v) is 9.42. The molecule has 4 aromatic rings. The fraction of sp³-hybridized carbons (Fsp3) is 0.304. The molecule has 3 heterocycles. The predicted octanol–water partition coefficient (Wildman–Crippen LogP) is 4.99. The lowest BCUT2D eigenvalue weighted by Gasteiger charge is -2.30. The molecule has 1 aliphatic rings. The number of rotatable bonds is 5. The summed E-state index contributed by atoms with van der Waals surface area (Å²) in [7, 11) is 0. The van der Waals surface area contributed by atoms with E-state index in [1.54, 1.807) is 10.9 Å². The normalized spacial score (nSPS) is 18.6. The Morgan fingerprint density at radius 1 is 1.12 bits per heavy atom. The van der Waals surface area contributed by atoms with E-state index in [1.807, 2.05) is 48.7 Å². The van der Waals surface area contributed by atoms with E-state index in [1.165, 1.54) is 11.3 Å². The summed E-state index contributed by atoms with van der Waals surface area (Å²) in [5.74, 6) is 1.51. The van der Waals surface area contributed by atoms with Crippen molar-refractivity contribution in [2.75, 3.05) is 5.32 Å². The molecule has 0 aliphatic heterocycles. The van der Waals surface area contributed by atoms with E-state index in [4.69, 9.17) is 11.6 Å². The van der Waals surface area contributed by atoms with Gasteiger partial charge in [-0.2, -0.15) is 5.10 Å². The van der Waals surface area contributed by atoms with Gasteiger partial charge in [-0.3, -0.25) is 4.79 Å². The molecule has 0 spiro atoms. The van der Waals surface area contributed by atoms with Crippen molar-refractivity contribution in [1.29, 1.82) is 0 Å². The lowest BCUT2D eigenvalue weighted by Crippen LogP contribution is -2.40. The molecule has 1 aromatic carbocycles. The molecule has 1 fully saturated rings. The monoisotopic (exact) mass is 466 g/mol. The Morgan fingerprint density at radius 3 is 2.69 bits per heavy atom. The van der Waals surface area contributed by atoms with Gasteiger partial charge in [0, 0.05) is 17.1 Å². The number of amides is 1. The van der Waals surface area contributed by atoms with Crippen LogP contribution >= 0.6 is 22.9 Å². The topological polar surface area (TPSA) is 84.7 Å². The van der Waals surface area contributed by atoms with Crippen LogP contribution in [0.1, 0.15) is 41.2 Å². The minimum Gasteiger partial charge on any atom is -0.367 e. The van der Waals surface area contributed by atoms with Gasteiger partial charge < -0.3 is 10.6 Å². The average Bonchev–Trinajstić information content (AvgIpc) is 3.45. The number of aromatic nitrogens is 4. The van der Waals surface area contributed by atoms with E-state index in [0.717, 1.165) is 53.1 Å². The summed E-state index contributed by atoms with van der Waals surface area (Å²) in [6, 6.07) is 11.8. The number of fused-ring (bicyclic) bond motifs is 1. The summed E-state index contributed by atoms with van der Waals surface area (Å²) in [5, 5.41) is 14.8. The van der Waals surface area contributed by atoms with E-state index in [9.17, 15) is 4.79 Å². The van der Waals surface area contributed by atoms with Crippen molar-refractivity contribution in [3.8, 4) is 5.69 Å². The zero-order valence-electron chi connectivity index (χ0n) is 17.6. The highest BCUT2D eigenvalue weighted by Gasteiger charge is 2.24. The van der Waals surface area contributed by atoms with Gasteiger partial charge in [0.25, 0.3) is 5.91 Å². The van der Waals surface area contributed by atoms with Gasteiger partial charge in [-0.15, -0.1) is 11.3 Å². The molecule has 9 heteroatoms. The smallest absolute Gasteiger partial charge is 0.261 e. The summed E-state index contributed by atoms with van der Waals surface area (Å²) in [4.78, 5) is 22.4. The van der Waals surface area contributed by atoms with Crippen LogP contribution in [0.5, 0.6) is 0 Å². The summed E-state index contributed by atoms with van der Waals surface area (Å²) in [6.45, 7) is 1.89. The molecule has 2 N–H and O–H groups in total. The van der Waals surface area contributed by atoms with Gasteiger partial charge in [-0.25, -0.2) is 14.6 Å². The molecule has 0 bridgehead atoms. The first-order valence-electron chi connectivity index (χ1n) is 10.7. The van der Waals surface area contributed by atoms with Crippen LogP contribution in [0.25, 0.3) is 16.7 Å². The number of aryl methyl sites for hydroxylation is 1. The fourth-order valence-corrected chi connectivity index (χ4v) is 4.97. The second-order valence-electron chi connectivity index (χ2n) is 8.04. The van der Waals surface area contributed by atoms with Crippen LogP contribution in [-0.4, -0.2) is 37.7 Å². The Balaban J connectivity index is 1.29. The van der Waals surface area contributed by atoms with Crippen LogP contribution in [0.4, 0.5) is 5.82 Å². The van der Waals surface area contributed by atoms with Crippen LogP contribution < -0.4 is 10.6 Å². The maximum atomic E-state index is 12.3. The lowest BCUT2D eigenvalue weighted by atomic mass is 9.91. The van der Waals surface area contributed by atoms with Crippen LogP contribution in [-0.2, 0) is 0 Å². The predicted molar refractivity (Wildman–Crippen MR) is 128 cm³/mol. The quantitative estimate of drug-likeness (QED) is 0.432. The number of thiophene rings is 1. The highest BCUT2D eigenvalue weighted by atomic mass is 35.5. The number of carbonyl (C=O) groups is 1. The SMILES string of the molecule is Cc1nc(NC2CCC(NC(=O)c3cccs3)CC2)c2cnn(-c3cccc(Cl)c3)c2n1. The van der Waals surface area contributed by atoms with E-state index < -0.39 is 0 Å². The van der Waals surface area contributed by atoms with Crippen molar-refractivity contribution in [2.24, 2.45) is 0 Å². The number of benzene rings is 1. The summed E-state index contributed by atoms with van der Waals surface area (Å²) < 4.78 is 1.79. The Labute approximate surface area is 194 Å². The van der Waals surface area contributed by atoms with Gasteiger partial charge in [0.2, 0.25) is 0 Å². The van der Waals surface area contributed by atoms with E-state index in [2.05, 4.69) is 25.7 Å². The van der Waals surface area contributed by atoms with E-state index in [0.29, 0.717) is 10.8 Å². The van der Waals surface area contributed by atoms with Gasteiger partial charge in [0.1, 0.15) is 11.6 Å². The van der Waals surface area contributed by atoms with Crippen molar-refractivity contribution in [3.05, 3.63) is 63.7 Å². The molecule has 0 saturated heterocycles. The van der Waals surface area contributed by atoms with Gasteiger partial charge in [0.05, 0.1) is 22.1 Å². The first kappa shape index (κ1) is 20.9. The fourth-order valence-electron chi connectivity index (χ4n) is 4.16. The van der Waals surface area contributed by atoms with Crippen molar-refractivity contribution in [1.82, 2.24) is 25.1 Å². The number of halogens is 1. The molecule has 3 aromatic heterocycles. The highest BCUT2D eigenvalue weighted by molar-refractivity contribution is 7.12. The molecule has 32 heavy (non-hydrogen) atoms. The maximum absolute atomic E-state index is 12.3. The molecule has 1 amide bonds. The first-order valence-corrected chi connectivity index (χ1v) is 11.9. The number of hydrogen-bond donors (Lipinski definition) is 2. The molecule has 1 saturated carbocycles. The first-order chi connectivity index (χ1) is 15.6. The molecule has 0 radical (unpaired) electrons. The Morgan fingerprint density at radius 2 is 1.94 bits per heavy atom. The molecular formula is C23H23ClN6OS. The van der Waals surface area contributed by atoms with Crippen LogP contribution in [0, 0.1) is 6.92 Å². The minimum absolute atomic E-state index is 0.0259. The summed E-state index contributed by atoms with van der Waals surface area (Å²) in [6.07, 6.45) is 5.59. The molecular weight excluding hydrogens is 444 g/mol. The standard InChI is InChI=1S/C23H23ClN6OS/c1-14-26-21(19-13-25-30(22(19)27-14)18-5-2-4-15(24)12-18)28-16-7-9-17(10-8-16)29-23(31)20-6-3-11-32-20/h2-6,11-13,16-17H,7-10H2,1H3,(H,29,31)(H,26,27,28). The van der Waals surface area contributed by atoms with Crippen LogP contribution in [0.15, 0.2) is 48.0 Å². The zero-order chi connectivity index (χ0) is 22.1. The number of nitrogens with zero attached hydrogens (tertiary/aromatic N) is 4. The second kappa shape index (κ2) is 8.88. The van der Waals surface area contributed by atoms with Gasteiger partial charge in [-0.1, -0.05) is 23.7 Å². The van der Waals surface area contributed by atoms with Crippen LogP contribution in [0.2, 0.25) is 5.02 Å². The van der Waals surface area contributed by atoms with E-state index >= 15 is 0 Å². The Bertz CT molecular complexity index is 1250.